The summed E-state index contributed by atoms with van der Waals surface area (Å²) < 4.78 is 2.05. The van der Waals surface area contributed by atoms with Gasteiger partial charge in [-0.3, -0.25) is 9.69 Å². The number of H-pyrrole nitrogens is 1. The van der Waals surface area contributed by atoms with Crippen molar-refractivity contribution in [3.8, 4) is 0 Å². The normalized spacial score (nSPS) is 14.9. The minimum absolute atomic E-state index is 0.0603. The van der Waals surface area contributed by atoms with Gasteiger partial charge in [-0.15, -0.1) is 0 Å². The van der Waals surface area contributed by atoms with Crippen LogP contribution in [0.5, 0.6) is 0 Å². The molecule has 0 amide bonds. The fraction of sp³-hybridized carbons (Fsp3) is 0.316. The Hall–Kier alpha value is -2.73. The number of benzene rings is 1. The number of nitrogens with zero attached hydrogens (tertiary/aromatic N) is 4. The van der Waals surface area contributed by atoms with Crippen molar-refractivity contribution in [1.82, 2.24) is 24.6 Å². The summed E-state index contributed by atoms with van der Waals surface area (Å²) in [5.41, 5.74) is 2.30. The van der Waals surface area contributed by atoms with Crippen LogP contribution < -0.4 is 5.56 Å². The Morgan fingerprint density at radius 3 is 2.68 bits per heavy atom. The van der Waals surface area contributed by atoms with Crippen molar-refractivity contribution in [2.75, 3.05) is 13.1 Å². The molecule has 0 aliphatic carbocycles. The van der Waals surface area contributed by atoms with Gasteiger partial charge >= 0.3 is 0 Å². The summed E-state index contributed by atoms with van der Waals surface area (Å²) in [6.45, 7) is 3.56. The predicted octanol–water partition coefficient (Wildman–Crippen LogP) is 1.62. The van der Waals surface area contributed by atoms with Gasteiger partial charge in [0.05, 0.1) is 6.54 Å². The lowest BCUT2D eigenvalue weighted by atomic mass is 10.1. The third kappa shape index (κ3) is 3.85. The average molecular weight is 335 g/mol. The molecule has 3 aromatic rings. The van der Waals surface area contributed by atoms with Crippen LogP contribution in [0.15, 0.2) is 53.5 Å². The number of pyridine rings is 1. The molecule has 6 heteroatoms. The van der Waals surface area contributed by atoms with E-state index in [1.807, 2.05) is 28.9 Å². The SMILES string of the molecule is O=c1ccc(CN2CCc3nc(Cc4ccccc4)nn3CC2)c[nH]1. The van der Waals surface area contributed by atoms with Crippen LogP contribution in [0.4, 0.5) is 0 Å². The third-order valence-corrected chi connectivity index (χ3v) is 4.53. The average Bonchev–Trinajstić information content (AvgIpc) is 2.92. The van der Waals surface area contributed by atoms with E-state index < -0.39 is 0 Å². The number of hydrogen-bond donors (Lipinski definition) is 1. The Balaban J connectivity index is 1.40. The lowest BCUT2D eigenvalue weighted by molar-refractivity contribution is 0.268. The first kappa shape index (κ1) is 15.8. The van der Waals surface area contributed by atoms with Crippen LogP contribution in [0.25, 0.3) is 0 Å². The highest BCUT2D eigenvalue weighted by Crippen LogP contribution is 2.12. The van der Waals surface area contributed by atoms with Gasteiger partial charge in [-0.05, 0) is 11.1 Å². The van der Waals surface area contributed by atoms with Gasteiger partial charge in [0.15, 0.2) is 5.82 Å². The van der Waals surface area contributed by atoms with E-state index in [0.29, 0.717) is 0 Å². The minimum atomic E-state index is -0.0603. The Morgan fingerprint density at radius 2 is 1.88 bits per heavy atom. The maximum absolute atomic E-state index is 11.2. The maximum Gasteiger partial charge on any atom is 0.247 e. The molecule has 0 unspecified atom stereocenters. The van der Waals surface area contributed by atoms with Gasteiger partial charge in [0.2, 0.25) is 5.56 Å². The predicted molar refractivity (Wildman–Crippen MR) is 95.3 cm³/mol. The molecule has 0 saturated carbocycles. The molecule has 1 aliphatic heterocycles. The standard InChI is InChI=1S/C19H21N5O/c25-19-7-6-16(13-20-19)14-23-9-8-18-21-17(22-24(18)11-10-23)12-15-4-2-1-3-5-15/h1-7,13H,8-12,14H2,(H,20,25). The van der Waals surface area contributed by atoms with E-state index >= 15 is 0 Å². The van der Waals surface area contributed by atoms with E-state index in [4.69, 9.17) is 10.1 Å². The zero-order valence-corrected chi connectivity index (χ0v) is 14.1. The van der Waals surface area contributed by atoms with Crippen molar-refractivity contribution in [3.63, 3.8) is 0 Å². The Labute approximate surface area is 146 Å². The highest BCUT2D eigenvalue weighted by Gasteiger charge is 2.17. The molecule has 0 saturated heterocycles. The van der Waals surface area contributed by atoms with Crippen molar-refractivity contribution in [1.29, 1.82) is 0 Å². The molecule has 128 valence electrons. The quantitative estimate of drug-likeness (QED) is 0.787. The summed E-state index contributed by atoms with van der Waals surface area (Å²) in [5.74, 6) is 1.96. The molecule has 1 aliphatic rings. The van der Waals surface area contributed by atoms with Gasteiger partial charge in [0.25, 0.3) is 0 Å². The van der Waals surface area contributed by atoms with Gasteiger partial charge in [0, 0.05) is 44.7 Å². The highest BCUT2D eigenvalue weighted by molar-refractivity contribution is 5.19. The fourth-order valence-corrected chi connectivity index (χ4v) is 3.21. The second kappa shape index (κ2) is 7.03. The molecule has 1 aromatic carbocycles. The van der Waals surface area contributed by atoms with E-state index in [1.54, 1.807) is 12.3 Å². The van der Waals surface area contributed by atoms with Gasteiger partial charge in [-0.2, -0.15) is 5.10 Å². The number of fused-ring (bicyclic) bond motifs is 1. The highest BCUT2D eigenvalue weighted by atomic mass is 16.1. The van der Waals surface area contributed by atoms with Crippen LogP contribution in [0.2, 0.25) is 0 Å². The molecule has 0 atom stereocenters. The minimum Gasteiger partial charge on any atom is -0.329 e. The first-order chi connectivity index (χ1) is 12.3. The van der Waals surface area contributed by atoms with E-state index in [1.165, 1.54) is 5.56 Å². The van der Waals surface area contributed by atoms with Gasteiger partial charge in [-0.1, -0.05) is 36.4 Å². The molecule has 25 heavy (non-hydrogen) atoms. The summed E-state index contributed by atoms with van der Waals surface area (Å²) in [5, 5.41) is 4.69. The van der Waals surface area contributed by atoms with E-state index in [0.717, 1.165) is 56.2 Å². The maximum atomic E-state index is 11.2. The second-order valence-electron chi connectivity index (χ2n) is 6.42. The topological polar surface area (TPSA) is 66.8 Å². The molecule has 2 aromatic heterocycles. The molecule has 1 N–H and O–H groups in total. The summed E-state index contributed by atoms with van der Waals surface area (Å²) in [7, 11) is 0. The molecular weight excluding hydrogens is 314 g/mol. The van der Waals surface area contributed by atoms with Gasteiger partial charge < -0.3 is 4.98 Å². The first-order valence-electron chi connectivity index (χ1n) is 8.63. The zero-order chi connectivity index (χ0) is 17.1. The third-order valence-electron chi connectivity index (χ3n) is 4.53. The molecular formula is C19H21N5O. The summed E-state index contributed by atoms with van der Waals surface area (Å²) >= 11 is 0. The monoisotopic (exact) mass is 335 g/mol. The summed E-state index contributed by atoms with van der Waals surface area (Å²) in [4.78, 5) is 21.0. The smallest absolute Gasteiger partial charge is 0.247 e. The number of aromatic nitrogens is 4. The molecule has 0 bridgehead atoms. The second-order valence-corrected chi connectivity index (χ2v) is 6.42. The van der Waals surface area contributed by atoms with Crippen LogP contribution in [0.3, 0.4) is 0 Å². The van der Waals surface area contributed by atoms with Crippen molar-refractivity contribution in [3.05, 3.63) is 81.8 Å². The first-order valence-corrected chi connectivity index (χ1v) is 8.63. The molecule has 6 nitrogen and oxygen atoms in total. The number of hydrogen-bond acceptors (Lipinski definition) is 4. The molecule has 4 rings (SSSR count). The van der Waals surface area contributed by atoms with Crippen molar-refractivity contribution >= 4 is 0 Å². The Bertz CT molecular complexity index is 854. The largest absolute Gasteiger partial charge is 0.329 e. The number of aromatic amines is 1. The molecule has 3 heterocycles. The Kier molecular flexibility index (Phi) is 4.43. The van der Waals surface area contributed by atoms with E-state index in [9.17, 15) is 4.79 Å². The Morgan fingerprint density at radius 1 is 1.00 bits per heavy atom. The van der Waals surface area contributed by atoms with Crippen LogP contribution in [0, 0.1) is 0 Å². The zero-order valence-electron chi connectivity index (χ0n) is 14.1. The van der Waals surface area contributed by atoms with Crippen molar-refractivity contribution < 1.29 is 0 Å². The lowest BCUT2D eigenvalue weighted by Gasteiger charge is -2.19. The van der Waals surface area contributed by atoms with Crippen LogP contribution >= 0.6 is 0 Å². The lowest BCUT2D eigenvalue weighted by Crippen LogP contribution is -2.27. The van der Waals surface area contributed by atoms with Crippen LogP contribution in [-0.2, 0) is 25.9 Å². The molecule has 0 spiro atoms. The summed E-state index contributed by atoms with van der Waals surface area (Å²) in [6, 6.07) is 13.8. The molecule has 0 fully saturated rings. The van der Waals surface area contributed by atoms with Crippen molar-refractivity contribution in [2.24, 2.45) is 0 Å². The molecule has 0 radical (unpaired) electrons. The van der Waals surface area contributed by atoms with Gasteiger partial charge in [-0.25, -0.2) is 9.67 Å². The van der Waals surface area contributed by atoms with Crippen LogP contribution in [-0.4, -0.2) is 37.7 Å². The number of nitrogens with one attached hydrogen (secondary N) is 1. The fourth-order valence-electron chi connectivity index (χ4n) is 3.21. The van der Waals surface area contributed by atoms with E-state index in [-0.39, 0.29) is 5.56 Å². The summed E-state index contributed by atoms with van der Waals surface area (Å²) in [6.07, 6.45) is 3.47. The number of rotatable bonds is 4. The van der Waals surface area contributed by atoms with Crippen molar-refractivity contribution in [2.45, 2.75) is 25.9 Å². The van der Waals surface area contributed by atoms with E-state index in [2.05, 4.69) is 22.0 Å². The van der Waals surface area contributed by atoms with Crippen LogP contribution in [0.1, 0.15) is 22.8 Å². The van der Waals surface area contributed by atoms with Gasteiger partial charge in [0.1, 0.15) is 5.82 Å².